The van der Waals surface area contributed by atoms with Crippen molar-refractivity contribution in [2.24, 2.45) is 0 Å². The lowest BCUT2D eigenvalue weighted by Gasteiger charge is -2.34. The third-order valence-electron chi connectivity index (χ3n) is 4.84. The highest BCUT2D eigenvalue weighted by molar-refractivity contribution is 5.14. The van der Waals surface area contributed by atoms with E-state index in [4.69, 9.17) is 0 Å². The largest absolute Gasteiger partial charge is 0.298 e. The molecule has 1 saturated carbocycles. The Morgan fingerprint density at radius 3 is 2.74 bits per heavy atom. The second-order valence-corrected chi connectivity index (χ2v) is 6.83. The molecule has 2 fully saturated rings. The van der Waals surface area contributed by atoms with Crippen LogP contribution >= 0.6 is 0 Å². The van der Waals surface area contributed by atoms with Crippen molar-refractivity contribution >= 4 is 0 Å². The lowest BCUT2D eigenvalue weighted by Crippen LogP contribution is -2.48. The van der Waals surface area contributed by atoms with Gasteiger partial charge in [0.05, 0.1) is 6.07 Å². The fourth-order valence-corrected chi connectivity index (χ4v) is 3.96. The molecule has 0 amide bonds. The Bertz CT molecular complexity index is 333. The van der Waals surface area contributed by atoms with Crippen molar-refractivity contribution in [3.8, 4) is 6.07 Å². The van der Waals surface area contributed by atoms with Crippen molar-refractivity contribution in [3.63, 3.8) is 0 Å². The molecule has 2 rings (SSSR count). The van der Waals surface area contributed by atoms with E-state index in [2.05, 4.69) is 37.1 Å². The number of hydrogen-bond acceptors (Lipinski definition) is 3. The Labute approximate surface area is 118 Å². The maximum absolute atomic E-state index is 9.57. The van der Waals surface area contributed by atoms with E-state index in [1.165, 1.54) is 38.6 Å². The summed E-state index contributed by atoms with van der Waals surface area (Å²) >= 11 is 0. The summed E-state index contributed by atoms with van der Waals surface area (Å²) in [5.74, 6) is 0. The highest BCUT2D eigenvalue weighted by Gasteiger charge is 2.42. The number of nitrogens with zero attached hydrogens (tertiary/aromatic N) is 2. The van der Waals surface area contributed by atoms with Crippen LogP contribution in [0.4, 0.5) is 0 Å². The zero-order valence-electron chi connectivity index (χ0n) is 12.8. The molecule has 1 N–H and O–H groups in total. The maximum atomic E-state index is 9.57. The lowest BCUT2D eigenvalue weighted by molar-refractivity contribution is 0.144. The molecule has 3 nitrogen and oxygen atoms in total. The van der Waals surface area contributed by atoms with Crippen molar-refractivity contribution in [1.29, 1.82) is 5.26 Å². The lowest BCUT2D eigenvalue weighted by atomic mass is 9.97. The average Bonchev–Trinajstić information content (AvgIpc) is 2.65. The number of nitriles is 1. The van der Waals surface area contributed by atoms with Gasteiger partial charge in [-0.05, 0) is 59.4 Å². The molecule has 3 atom stereocenters. The summed E-state index contributed by atoms with van der Waals surface area (Å²) in [6.07, 6.45) is 8.60. The van der Waals surface area contributed by atoms with E-state index >= 15 is 0 Å². The first-order valence-corrected chi connectivity index (χ1v) is 8.01. The first-order valence-electron chi connectivity index (χ1n) is 8.01. The van der Waals surface area contributed by atoms with E-state index < -0.39 is 0 Å². The van der Waals surface area contributed by atoms with E-state index in [9.17, 15) is 5.26 Å². The summed E-state index contributed by atoms with van der Waals surface area (Å²) in [5, 5.41) is 13.1. The predicted octanol–water partition coefficient (Wildman–Crippen LogP) is 3.06. The van der Waals surface area contributed by atoms with Crippen LogP contribution in [0.2, 0.25) is 0 Å². The third kappa shape index (κ3) is 3.49. The Kier molecular flexibility index (Phi) is 4.86. The summed E-state index contributed by atoms with van der Waals surface area (Å²) in [5.41, 5.74) is -0.273. The van der Waals surface area contributed by atoms with Gasteiger partial charge in [0.15, 0.2) is 0 Å². The van der Waals surface area contributed by atoms with Crippen molar-refractivity contribution in [2.45, 2.75) is 89.4 Å². The van der Waals surface area contributed by atoms with Gasteiger partial charge < -0.3 is 0 Å². The van der Waals surface area contributed by atoms with Crippen molar-refractivity contribution in [3.05, 3.63) is 0 Å². The Morgan fingerprint density at radius 1 is 1.26 bits per heavy atom. The highest BCUT2D eigenvalue weighted by atomic mass is 15.2. The number of rotatable bonds is 3. The monoisotopic (exact) mass is 263 g/mol. The van der Waals surface area contributed by atoms with Crippen molar-refractivity contribution < 1.29 is 0 Å². The van der Waals surface area contributed by atoms with E-state index in [1.807, 2.05) is 0 Å². The van der Waals surface area contributed by atoms with Crippen LogP contribution in [-0.2, 0) is 0 Å². The van der Waals surface area contributed by atoms with Crippen LogP contribution in [0.15, 0.2) is 0 Å². The van der Waals surface area contributed by atoms with Gasteiger partial charge in [0.1, 0.15) is 5.54 Å². The van der Waals surface area contributed by atoms with Crippen LogP contribution in [0.5, 0.6) is 0 Å². The quantitative estimate of drug-likeness (QED) is 0.850. The molecule has 0 radical (unpaired) electrons. The van der Waals surface area contributed by atoms with Crippen molar-refractivity contribution in [2.75, 3.05) is 6.54 Å². The fourth-order valence-electron chi connectivity index (χ4n) is 3.96. The van der Waals surface area contributed by atoms with Crippen LogP contribution < -0.4 is 5.32 Å². The van der Waals surface area contributed by atoms with Crippen LogP contribution in [0.3, 0.4) is 0 Å². The molecule has 1 heterocycles. The van der Waals surface area contributed by atoms with Crippen LogP contribution in [0.25, 0.3) is 0 Å². The smallest absolute Gasteiger partial charge is 0.108 e. The first-order chi connectivity index (χ1) is 9.06. The van der Waals surface area contributed by atoms with Gasteiger partial charge in [-0.1, -0.05) is 12.8 Å². The number of nitrogens with one attached hydrogen (secondary N) is 1. The average molecular weight is 263 g/mol. The molecule has 0 bridgehead atoms. The minimum absolute atomic E-state index is 0.273. The predicted molar refractivity (Wildman–Crippen MR) is 78.9 cm³/mol. The van der Waals surface area contributed by atoms with Gasteiger partial charge in [-0.25, -0.2) is 0 Å². The molecule has 0 aromatic carbocycles. The molecule has 0 aromatic rings. The fraction of sp³-hybridized carbons (Fsp3) is 0.938. The van der Waals surface area contributed by atoms with E-state index in [-0.39, 0.29) is 5.54 Å². The SMILES string of the molecule is CC(C)NC1(C#N)CCC(N2CCCCCC2C)C1. The van der Waals surface area contributed by atoms with E-state index in [1.54, 1.807) is 0 Å². The summed E-state index contributed by atoms with van der Waals surface area (Å²) in [6, 6.07) is 4.26. The van der Waals surface area contributed by atoms with Gasteiger partial charge in [0, 0.05) is 18.1 Å². The summed E-state index contributed by atoms with van der Waals surface area (Å²) in [7, 11) is 0. The van der Waals surface area contributed by atoms with E-state index in [0.717, 1.165) is 12.8 Å². The minimum Gasteiger partial charge on any atom is -0.298 e. The Balaban J connectivity index is 2.01. The van der Waals surface area contributed by atoms with Gasteiger partial charge in [-0.2, -0.15) is 5.26 Å². The molecular weight excluding hydrogens is 234 g/mol. The zero-order chi connectivity index (χ0) is 13.9. The molecule has 1 aliphatic heterocycles. The van der Waals surface area contributed by atoms with Gasteiger partial charge in [-0.3, -0.25) is 10.2 Å². The third-order valence-corrected chi connectivity index (χ3v) is 4.84. The molecule has 0 aromatic heterocycles. The summed E-state index contributed by atoms with van der Waals surface area (Å²) in [6.45, 7) is 7.88. The molecule has 108 valence electrons. The highest BCUT2D eigenvalue weighted by Crippen LogP contribution is 2.35. The second-order valence-electron chi connectivity index (χ2n) is 6.83. The Hall–Kier alpha value is -0.590. The van der Waals surface area contributed by atoms with Gasteiger partial charge >= 0.3 is 0 Å². The molecular formula is C16H29N3. The van der Waals surface area contributed by atoms with Crippen LogP contribution in [0, 0.1) is 11.3 Å². The molecule has 2 aliphatic rings. The summed E-state index contributed by atoms with van der Waals surface area (Å²) < 4.78 is 0. The van der Waals surface area contributed by atoms with Crippen LogP contribution in [0.1, 0.15) is 65.7 Å². The molecule has 1 saturated heterocycles. The number of likely N-dealkylation sites (tertiary alicyclic amines) is 1. The first kappa shape index (κ1) is 14.8. The molecule has 1 aliphatic carbocycles. The standard InChI is InChI=1S/C16H29N3/c1-13(2)18-16(12-17)9-8-15(11-16)19-10-6-4-5-7-14(19)3/h13-15,18H,4-11H2,1-3H3. The molecule has 0 spiro atoms. The minimum atomic E-state index is -0.273. The van der Waals surface area contributed by atoms with E-state index in [0.29, 0.717) is 18.1 Å². The number of hydrogen-bond donors (Lipinski definition) is 1. The molecule has 19 heavy (non-hydrogen) atoms. The van der Waals surface area contributed by atoms with Crippen LogP contribution in [-0.4, -0.2) is 35.1 Å². The normalized spacial score (nSPS) is 37.2. The zero-order valence-corrected chi connectivity index (χ0v) is 12.8. The molecule has 3 unspecified atom stereocenters. The van der Waals surface area contributed by atoms with Gasteiger partial charge in [0.25, 0.3) is 0 Å². The summed E-state index contributed by atoms with van der Waals surface area (Å²) in [4.78, 5) is 2.69. The Morgan fingerprint density at radius 2 is 2.05 bits per heavy atom. The van der Waals surface area contributed by atoms with Gasteiger partial charge in [-0.15, -0.1) is 0 Å². The second kappa shape index (κ2) is 6.24. The topological polar surface area (TPSA) is 39.1 Å². The maximum Gasteiger partial charge on any atom is 0.108 e. The van der Waals surface area contributed by atoms with Crippen molar-refractivity contribution in [1.82, 2.24) is 10.2 Å². The van der Waals surface area contributed by atoms with Gasteiger partial charge in [0.2, 0.25) is 0 Å². The molecule has 3 heteroatoms.